The molecular formula is C14H18F3NO. The molecule has 19 heavy (non-hydrogen) atoms. The van der Waals surface area contributed by atoms with E-state index in [9.17, 15) is 18.3 Å². The summed E-state index contributed by atoms with van der Waals surface area (Å²) in [6.07, 6.45) is -3.33. The summed E-state index contributed by atoms with van der Waals surface area (Å²) >= 11 is 0. The van der Waals surface area contributed by atoms with Crippen molar-refractivity contribution in [3.63, 3.8) is 0 Å². The molecule has 2 nitrogen and oxygen atoms in total. The van der Waals surface area contributed by atoms with Crippen LogP contribution in [-0.4, -0.2) is 17.2 Å². The Kier molecular flexibility index (Phi) is 3.62. The molecule has 1 fully saturated rings. The van der Waals surface area contributed by atoms with E-state index in [4.69, 9.17) is 0 Å². The van der Waals surface area contributed by atoms with E-state index < -0.39 is 17.3 Å². The van der Waals surface area contributed by atoms with Crippen molar-refractivity contribution in [1.82, 2.24) is 5.32 Å². The highest BCUT2D eigenvalue weighted by Crippen LogP contribution is 2.36. The molecule has 0 bridgehead atoms. The lowest BCUT2D eigenvalue weighted by Gasteiger charge is -2.40. The molecule has 2 unspecified atom stereocenters. The van der Waals surface area contributed by atoms with Gasteiger partial charge in [-0.15, -0.1) is 0 Å². The van der Waals surface area contributed by atoms with Crippen molar-refractivity contribution in [2.45, 2.75) is 50.6 Å². The molecular weight excluding hydrogens is 255 g/mol. The first-order chi connectivity index (χ1) is 8.71. The van der Waals surface area contributed by atoms with Gasteiger partial charge in [0.1, 0.15) is 0 Å². The Balaban J connectivity index is 2.26. The maximum atomic E-state index is 12.5. The van der Waals surface area contributed by atoms with Crippen molar-refractivity contribution < 1.29 is 18.3 Å². The molecule has 0 aliphatic carbocycles. The van der Waals surface area contributed by atoms with Crippen molar-refractivity contribution in [2.75, 3.05) is 0 Å². The monoisotopic (exact) mass is 273 g/mol. The highest BCUT2D eigenvalue weighted by molar-refractivity contribution is 5.29. The van der Waals surface area contributed by atoms with Gasteiger partial charge in [0.05, 0.1) is 11.2 Å². The van der Waals surface area contributed by atoms with Gasteiger partial charge >= 0.3 is 6.18 Å². The molecule has 0 aromatic heterocycles. The van der Waals surface area contributed by atoms with Crippen LogP contribution in [0.25, 0.3) is 0 Å². The molecule has 5 heteroatoms. The summed E-state index contributed by atoms with van der Waals surface area (Å²) in [5, 5.41) is 14.0. The lowest BCUT2D eigenvalue weighted by atomic mass is 9.79. The molecule has 1 aromatic rings. The van der Waals surface area contributed by atoms with Crippen molar-refractivity contribution in [3.8, 4) is 0 Å². The highest BCUT2D eigenvalue weighted by atomic mass is 19.4. The average Bonchev–Trinajstić information content (AvgIpc) is 2.26. The third kappa shape index (κ3) is 3.09. The number of hydrogen-bond acceptors (Lipinski definition) is 2. The number of hydrogen-bond donors (Lipinski definition) is 2. The fourth-order valence-electron chi connectivity index (χ4n) is 2.91. The van der Waals surface area contributed by atoms with Crippen LogP contribution in [0.5, 0.6) is 0 Å². The Hall–Kier alpha value is -1.07. The lowest BCUT2D eigenvalue weighted by molar-refractivity contribution is -0.137. The van der Waals surface area contributed by atoms with Crippen LogP contribution in [0.3, 0.4) is 0 Å². The van der Waals surface area contributed by atoms with Crippen LogP contribution in [0, 0.1) is 0 Å². The Morgan fingerprint density at radius 3 is 2.00 bits per heavy atom. The average molecular weight is 273 g/mol. The summed E-state index contributed by atoms with van der Waals surface area (Å²) in [5.74, 6) is 0. The summed E-state index contributed by atoms with van der Waals surface area (Å²) in [6.45, 7) is 3.93. The van der Waals surface area contributed by atoms with Crippen molar-refractivity contribution >= 4 is 0 Å². The van der Waals surface area contributed by atoms with Crippen LogP contribution in [0.15, 0.2) is 24.3 Å². The van der Waals surface area contributed by atoms with Crippen LogP contribution in [0.2, 0.25) is 0 Å². The molecule has 1 aliphatic heterocycles. The fraction of sp³-hybridized carbons (Fsp3) is 0.571. The van der Waals surface area contributed by atoms with Crippen molar-refractivity contribution in [2.24, 2.45) is 0 Å². The van der Waals surface area contributed by atoms with Crippen LogP contribution in [-0.2, 0) is 11.8 Å². The van der Waals surface area contributed by atoms with Gasteiger partial charge in [0.2, 0.25) is 0 Å². The largest absolute Gasteiger partial charge is 0.416 e. The minimum absolute atomic E-state index is 0.135. The summed E-state index contributed by atoms with van der Waals surface area (Å²) in [5.41, 5.74) is -1.18. The second kappa shape index (κ2) is 4.80. The Bertz CT molecular complexity index is 431. The van der Waals surface area contributed by atoms with E-state index in [0.29, 0.717) is 18.4 Å². The maximum Gasteiger partial charge on any atom is 0.416 e. The SMILES string of the molecule is CC1CC(O)(c2ccc(C(F)(F)F)cc2)CC(C)N1. The number of benzene rings is 1. The van der Waals surface area contributed by atoms with Gasteiger partial charge in [0.15, 0.2) is 0 Å². The normalized spacial score (nSPS) is 32.3. The zero-order valence-electron chi connectivity index (χ0n) is 11.0. The molecule has 1 saturated heterocycles. The molecule has 2 rings (SSSR count). The predicted molar refractivity (Wildman–Crippen MR) is 66.6 cm³/mol. The molecule has 1 aromatic carbocycles. The maximum absolute atomic E-state index is 12.5. The quantitative estimate of drug-likeness (QED) is 0.824. The number of piperidine rings is 1. The second-order valence-corrected chi connectivity index (χ2v) is 5.48. The molecule has 0 saturated carbocycles. The van der Waals surface area contributed by atoms with Crippen molar-refractivity contribution in [1.29, 1.82) is 0 Å². The van der Waals surface area contributed by atoms with Crippen LogP contribution in [0.1, 0.15) is 37.8 Å². The Morgan fingerprint density at radius 1 is 1.11 bits per heavy atom. The van der Waals surface area contributed by atoms with E-state index in [1.54, 1.807) is 0 Å². The fourth-order valence-corrected chi connectivity index (χ4v) is 2.91. The molecule has 106 valence electrons. The molecule has 2 atom stereocenters. The smallest absolute Gasteiger partial charge is 0.385 e. The first kappa shape index (κ1) is 14.3. The number of halogens is 3. The van der Waals surface area contributed by atoms with Crippen LogP contribution >= 0.6 is 0 Å². The number of nitrogens with one attached hydrogen (secondary N) is 1. The van der Waals surface area contributed by atoms with Gasteiger partial charge < -0.3 is 10.4 Å². The second-order valence-electron chi connectivity index (χ2n) is 5.48. The minimum atomic E-state index is -4.34. The number of rotatable bonds is 1. The third-order valence-corrected chi connectivity index (χ3v) is 3.61. The van der Waals surface area contributed by atoms with E-state index in [1.807, 2.05) is 13.8 Å². The first-order valence-corrected chi connectivity index (χ1v) is 6.37. The Labute approximate surface area is 110 Å². The summed E-state index contributed by atoms with van der Waals surface area (Å²) in [4.78, 5) is 0. The lowest BCUT2D eigenvalue weighted by Crippen LogP contribution is -2.49. The number of alkyl halides is 3. The third-order valence-electron chi connectivity index (χ3n) is 3.61. The van der Waals surface area contributed by atoms with Gasteiger partial charge in [0.25, 0.3) is 0 Å². The molecule has 2 N–H and O–H groups in total. The summed E-state index contributed by atoms with van der Waals surface area (Å²) < 4.78 is 37.5. The van der Waals surface area contributed by atoms with Gasteiger partial charge in [-0.2, -0.15) is 13.2 Å². The van der Waals surface area contributed by atoms with Crippen molar-refractivity contribution in [3.05, 3.63) is 35.4 Å². The topological polar surface area (TPSA) is 32.3 Å². The zero-order chi connectivity index (χ0) is 14.3. The predicted octanol–water partition coefficient (Wildman–Crippen LogP) is 3.05. The van der Waals surface area contributed by atoms with E-state index in [1.165, 1.54) is 12.1 Å². The van der Waals surface area contributed by atoms with E-state index in [2.05, 4.69) is 5.32 Å². The van der Waals surface area contributed by atoms with Gasteiger partial charge in [-0.1, -0.05) is 12.1 Å². The highest BCUT2D eigenvalue weighted by Gasteiger charge is 2.38. The summed E-state index contributed by atoms with van der Waals surface area (Å²) in [7, 11) is 0. The first-order valence-electron chi connectivity index (χ1n) is 6.37. The van der Waals surface area contributed by atoms with Gasteiger partial charge in [-0.05, 0) is 44.4 Å². The standard InChI is InChI=1S/C14H18F3NO/c1-9-7-13(19,8-10(2)18-9)11-3-5-12(6-4-11)14(15,16)17/h3-6,9-10,18-19H,7-8H2,1-2H3. The Morgan fingerprint density at radius 2 is 1.58 bits per heavy atom. The van der Waals surface area contributed by atoms with E-state index in [0.717, 1.165) is 12.1 Å². The molecule has 1 aliphatic rings. The van der Waals surface area contributed by atoms with E-state index in [-0.39, 0.29) is 12.1 Å². The zero-order valence-corrected chi connectivity index (χ0v) is 11.0. The minimum Gasteiger partial charge on any atom is -0.385 e. The van der Waals surface area contributed by atoms with Crippen LogP contribution in [0.4, 0.5) is 13.2 Å². The number of aliphatic hydroxyl groups is 1. The molecule has 1 heterocycles. The summed E-state index contributed by atoms with van der Waals surface area (Å²) in [6, 6.07) is 5.10. The van der Waals surface area contributed by atoms with Crippen LogP contribution < -0.4 is 5.32 Å². The van der Waals surface area contributed by atoms with Gasteiger partial charge in [0, 0.05) is 12.1 Å². The van der Waals surface area contributed by atoms with Gasteiger partial charge in [-0.3, -0.25) is 0 Å². The molecule has 0 spiro atoms. The van der Waals surface area contributed by atoms with E-state index >= 15 is 0 Å². The molecule has 0 radical (unpaired) electrons. The van der Waals surface area contributed by atoms with Gasteiger partial charge in [-0.25, -0.2) is 0 Å². The molecule has 0 amide bonds.